The third kappa shape index (κ3) is 5.53. The summed E-state index contributed by atoms with van der Waals surface area (Å²) in [5, 5.41) is 3.39. The molecule has 0 aliphatic carbocycles. The number of amides is 1. The van der Waals surface area contributed by atoms with E-state index in [0.29, 0.717) is 10.7 Å². The first-order chi connectivity index (χ1) is 14.1. The minimum Gasteiger partial charge on any atom is -0.348 e. The lowest BCUT2D eigenvalue weighted by molar-refractivity contribution is 0.0950. The summed E-state index contributed by atoms with van der Waals surface area (Å²) in [6, 6.07) is 16.6. The van der Waals surface area contributed by atoms with Crippen molar-refractivity contribution in [2.24, 2.45) is 0 Å². The number of hydrogen-bond donors (Lipinski definition) is 2. The molecular formula is C22H20Cl2N2O3S. The van der Waals surface area contributed by atoms with Crippen molar-refractivity contribution in [3.63, 3.8) is 0 Å². The van der Waals surface area contributed by atoms with Gasteiger partial charge in [0.25, 0.3) is 15.9 Å². The summed E-state index contributed by atoms with van der Waals surface area (Å²) in [6.07, 6.45) is 0. The maximum absolute atomic E-state index is 12.9. The Kier molecular flexibility index (Phi) is 6.71. The zero-order valence-corrected chi connectivity index (χ0v) is 18.7. The lowest BCUT2D eigenvalue weighted by Crippen LogP contribution is -2.23. The summed E-state index contributed by atoms with van der Waals surface area (Å²) >= 11 is 12.0. The lowest BCUT2D eigenvalue weighted by Gasteiger charge is -2.12. The molecule has 0 aliphatic heterocycles. The third-order valence-corrected chi connectivity index (χ3v) is 6.44. The van der Waals surface area contributed by atoms with E-state index in [-0.39, 0.29) is 22.0 Å². The highest BCUT2D eigenvalue weighted by Gasteiger charge is 2.20. The van der Waals surface area contributed by atoms with Crippen molar-refractivity contribution in [3.05, 3.63) is 93.0 Å². The van der Waals surface area contributed by atoms with Gasteiger partial charge in [-0.3, -0.25) is 9.52 Å². The van der Waals surface area contributed by atoms with Gasteiger partial charge in [0.15, 0.2) is 0 Å². The van der Waals surface area contributed by atoms with Crippen molar-refractivity contribution in [2.45, 2.75) is 25.3 Å². The molecule has 0 aromatic heterocycles. The molecule has 0 fully saturated rings. The van der Waals surface area contributed by atoms with Gasteiger partial charge in [0.05, 0.1) is 5.02 Å². The van der Waals surface area contributed by atoms with Crippen molar-refractivity contribution in [3.8, 4) is 0 Å². The zero-order chi connectivity index (χ0) is 21.9. The van der Waals surface area contributed by atoms with Crippen LogP contribution in [0.1, 0.15) is 27.0 Å². The maximum atomic E-state index is 12.9. The van der Waals surface area contributed by atoms with Crippen molar-refractivity contribution in [1.29, 1.82) is 0 Å². The fourth-order valence-corrected chi connectivity index (χ4v) is 4.67. The molecule has 8 heteroatoms. The fraction of sp³-hybridized carbons (Fsp3) is 0.136. The Balaban J connectivity index is 1.81. The summed E-state index contributed by atoms with van der Waals surface area (Å²) in [5.74, 6) is -0.413. The highest BCUT2D eigenvalue weighted by Crippen LogP contribution is 2.26. The van der Waals surface area contributed by atoms with E-state index in [4.69, 9.17) is 23.2 Å². The molecule has 0 spiro atoms. The van der Waals surface area contributed by atoms with Crippen LogP contribution in [0.3, 0.4) is 0 Å². The van der Waals surface area contributed by atoms with Crippen LogP contribution in [0.25, 0.3) is 0 Å². The smallest absolute Gasteiger partial charge is 0.263 e. The molecule has 2 N–H and O–H groups in total. The number of anilines is 1. The Labute approximate surface area is 186 Å². The SMILES string of the molecule is Cc1cc(C)cc(NS(=O)(=O)c2cc(C(=O)NCc3ccc(Cl)cc3)ccc2Cl)c1. The molecule has 0 heterocycles. The van der Waals surface area contributed by atoms with Crippen LogP contribution in [0.2, 0.25) is 10.0 Å². The molecule has 156 valence electrons. The molecule has 0 atom stereocenters. The Morgan fingerprint density at radius 1 is 0.900 bits per heavy atom. The van der Waals surface area contributed by atoms with Crippen molar-refractivity contribution >= 4 is 44.8 Å². The van der Waals surface area contributed by atoms with Gasteiger partial charge in [-0.15, -0.1) is 0 Å². The van der Waals surface area contributed by atoms with E-state index >= 15 is 0 Å². The summed E-state index contributed by atoms with van der Waals surface area (Å²) < 4.78 is 28.3. The number of aryl methyl sites for hydroxylation is 2. The third-order valence-electron chi connectivity index (χ3n) is 4.32. The van der Waals surface area contributed by atoms with E-state index in [9.17, 15) is 13.2 Å². The van der Waals surface area contributed by atoms with Crippen molar-refractivity contribution < 1.29 is 13.2 Å². The van der Waals surface area contributed by atoms with Crippen LogP contribution in [0, 0.1) is 13.8 Å². The number of halogens is 2. The second-order valence-electron chi connectivity index (χ2n) is 6.94. The second-order valence-corrected chi connectivity index (χ2v) is 9.43. The average Bonchev–Trinajstić information content (AvgIpc) is 2.66. The van der Waals surface area contributed by atoms with E-state index in [0.717, 1.165) is 16.7 Å². The number of carbonyl (C=O) groups excluding carboxylic acids is 1. The van der Waals surface area contributed by atoms with Crippen LogP contribution in [0.5, 0.6) is 0 Å². The molecule has 3 aromatic carbocycles. The number of rotatable bonds is 6. The van der Waals surface area contributed by atoms with Gasteiger partial charge in [0.2, 0.25) is 0 Å². The van der Waals surface area contributed by atoms with Gasteiger partial charge in [0.1, 0.15) is 4.90 Å². The topological polar surface area (TPSA) is 75.3 Å². The van der Waals surface area contributed by atoms with Crippen LogP contribution in [-0.4, -0.2) is 14.3 Å². The molecule has 5 nitrogen and oxygen atoms in total. The minimum absolute atomic E-state index is 0.0288. The standard InChI is InChI=1S/C22H20Cl2N2O3S/c1-14-9-15(2)11-19(10-14)26-30(28,29)21-12-17(5-8-20(21)24)22(27)25-13-16-3-6-18(23)7-4-16/h3-12,26H,13H2,1-2H3,(H,25,27). The van der Waals surface area contributed by atoms with E-state index in [1.165, 1.54) is 18.2 Å². The summed E-state index contributed by atoms with van der Waals surface area (Å²) in [4.78, 5) is 12.4. The quantitative estimate of drug-likeness (QED) is 0.518. The number of carbonyl (C=O) groups is 1. The molecule has 3 aromatic rings. The van der Waals surface area contributed by atoms with Gasteiger partial charge < -0.3 is 5.32 Å². The first kappa shape index (κ1) is 22.2. The van der Waals surface area contributed by atoms with E-state index in [2.05, 4.69) is 10.0 Å². The largest absolute Gasteiger partial charge is 0.348 e. The number of sulfonamides is 1. The van der Waals surface area contributed by atoms with Gasteiger partial charge in [-0.2, -0.15) is 0 Å². The highest BCUT2D eigenvalue weighted by molar-refractivity contribution is 7.92. The molecule has 0 saturated carbocycles. The molecular weight excluding hydrogens is 443 g/mol. The summed E-state index contributed by atoms with van der Waals surface area (Å²) in [7, 11) is -3.98. The monoisotopic (exact) mass is 462 g/mol. The van der Waals surface area contributed by atoms with Crippen molar-refractivity contribution in [2.75, 3.05) is 4.72 Å². The first-order valence-corrected chi connectivity index (χ1v) is 11.3. The van der Waals surface area contributed by atoms with Crippen LogP contribution >= 0.6 is 23.2 Å². The Hall–Kier alpha value is -2.54. The predicted octanol–water partition coefficient (Wildman–Crippen LogP) is 5.34. The maximum Gasteiger partial charge on any atom is 0.263 e. The lowest BCUT2D eigenvalue weighted by atomic mass is 10.1. The molecule has 0 saturated heterocycles. The van der Waals surface area contributed by atoms with Crippen LogP contribution in [0.15, 0.2) is 65.6 Å². The fourth-order valence-electron chi connectivity index (χ4n) is 2.98. The van der Waals surface area contributed by atoms with Gasteiger partial charge in [-0.25, -0.2) is 8.42 Å². The molecule has 30 heavy (non-hydrogen) atoms. The Morgan fingerprint density at radius 3 is 2.17 bits per heavy atom. The van der Waals surface area contributed by atoms with Gasteiger partial charge in [-0.05, 0) is 73.0 Å². The molecule has 0 aliphatic rings. The molecule has 0 bridgehead atoms. The highest BCUT2D eigenvalue weighted by atomic mass is 35.5. The molecule has 0 unspecified atom stereocenters. The molecule has 1 amide bonds. The minimum atomic E-state index is -3.98. The normalized spacial score (nSPS) is 11.2. The first-order valence-electron chi connectivity index (χ1n) is 9.07. The molecule has 0 radical (unpaired) electrons. The zero-order valence-electron chi connectivity index (χ0n) is 16.4. The number of nitrogens with one attached hydrogen (secondary N) is 2. The van der Waals surface area contributed by atoms with E-state index in [1.54, 1.807) is 36.4 Å². The second kappa shape index (κ2) is 9.08. The Morgan fingerprint density at radius 2 is 1.53 bits per heavy atom. The number of benzene rings is 3. The van der Waals surface area contributed by atoms with Gasteiger partial charge >= 0.3 is 0 Å². The predicted molar refractivity (Wildman–Crippen MR) is 121 cm³/mol. The van der Waals surface area contributed by atoms with Gasteiger partial charge in [-0.1, -0.05) is 41.4 Å². The molecule has 3 rings (SSSR count). The van der Waals surface area contributed by atoms with E-state index in [1.807, 2.05) is 19.9 Å². The van der Waals surface area contributed by atoms with Gasteiger partial charge in [0, 0.05) is 22.8 Å². The van der Waals surface area contributed by atoms with Crippen LogP contribution < -0.4 is 10.0 Å². The van der Waals surface area contributed by atoms with Crippen LogP contribution in [-0.2, 0) is 16.6 Å². The average molecular weight is 463 g/mol. The summed E-state index contributed by atoms with van der Waals surface area (Å²) in [5.41, 5.74) is 3.34. The summed E-state index contributed by atoms with van der Waals surface area (Å²) in [6.45, 7) is 4.04. The number of hydrogen-bond acceptors (Lipinski definition) is 3. The Bertz CT molecular complexity index is 1170. The van der Waals surface area contributed by atoms with Crippen LogP contribution in [0.4, 0.5) is 5.69 Å². The van der Waals surface area contributed by atoms with Crippen molar-refractivity contribution in [1.82, 2.24) is 5.32 Å². The van der Waals surface area contributed by atoms with E-state index < -0.39 is 15.9 Å².